The minimum absolute atomic E-state index is 0.0109. The Kier molecular flexibility index (Phi) is 5.74. The zero-order chi connectivity index (χ0) is 18.7. The molecule has 2 atom stereocenters. The number of rotatable bonds is 4. The van der Waals surface area contributed by atoms with Gasteiger partial charge in [-0.1, -0.05) is 24.6 Å². The van der Waals surface area contributed by atoms with Crippen LogP contribution in [0, 0.1) is 5.92 Å². The summed E-state index contributed by atoms with van der Waals surface area (Å²) < 4.78 is 4.91. The van der Waals surface area contributed by atoms with E-state index in [1.54, 1.807) is 23.2 Å². The number of ether oxygens (including phenoxy) is 1. The van der Waals surface area contributed by atoms with Crippen molar-refractivity contribution < 1.29 is 14.3 Å². The first-order valence-electron chi connectivity index (χ1n) is 8.61. The number of hydrogen-bond acceptors (Lipinski definition) is 4. The van der Waals surface area contributed by atoms with Gasteiger partial charge in [0.25, 0.3) is 5.91 Å². The Morgan fingerprint density at radius 1 is 1.35 bits per heavy atom. The summed E-state index contributed by atoms with van der Waals surface area (Å²) >= 11 is 5.98. The van der Waals surface area contributed by atoms with Gasteiger partial charge in [-0.05, 0) is 35.9 Å². The Hall–Kier alpha value is -2.18. The monoisotopic (exact) mass is 375 g/mol. The number of nitrogens with zero attached hydrogens (tertiary/aromatic N) is 2. The molecule has 0 saturated carbocycles. The summed E-state index contributed by atoms with van der Waals surface area (Å²) in [5.41, 5.74) is 0.380. The van der Waals surface area contributed by atoms with E-state index in [4.69, 9.17) is 16.3 Å². The molecule has 2 aromatic rings. The molecule has 1 aromatic carbocycles. The lowest BCUT2D eigenvalue weighted by molar-refractivity contribution is -0.137. The zero-order valence-electron chi connectivity index (χ0n) is 14.9. The van der Waals surface area contributed by atoms with E-state index in [1.165, 1.54) is 7.11 Å². The van der Waals surface area contributed by atoms with Crippen LogP contribution in [-0.4, -0.2) is 54.5 Å². The van der Waals surface area contributed by atoms with Gasteiger partial charge in [0.05, 0.1) is 0 Å². The van der Waals surface area contributed by atoms with Crippen molar-refractivity contribution in [1.82, 2.24) is 15.2 Å². The molecule has 2 amide bonds. The number of halogens is 1. The molecule has 1 saturated heterocycles. The molecule has 1 aromatic heterocycles. The molecule has 26 heavy (non-hydrogen) atoms. The Labute approximate surface area is 157 Å². The number of methoxy groups -OCH3 is 1. The Balaban J connectivity index is 1.65. The molecule has 0 unspecified atom stereocenters. The first kappa shape index (κ1) is 18.6. The van der Waals surface area contributed by atoms with E-state index in [1.807, 2.05) is 19.1 Å². The number of nitrogens with one attached hydrogen (secondary N) is 1. The highest BCUT2D eigenvalue weighted by molar-refractivity contribution is 6.31. The number of benzene rings is 1. The van der Waals surface area contributed by atoms with Crippen LogP contribution < -0.4 is 5.32 Å². The van der Waals surface area contributed by atoms with Crippen LogP contribution in [0.25, 0.3) is 10.8 Å². The average molecular weight is 376 g/mol. The number of piperidine rings is 1. The lowest BCUT2D eigenvalue weighted by Gasteiger charge is -2.37. The van der Waals surface area contributed by atoms with Gasteiger partial charge >= 0.3 is 0 Å². The van der Waals surface area contributed by atoms with Crippen LogP contribution in [0.2, 0.25) is 5.02 Å². The molecule has 6 nitrogen and oxygen atoms in total. The molecule has 0 radical (unpaired) electrons. The largest absolute Gasteiger partial charge is 0.375 e. The van der Waals surface area contributed by atoms with Crippen molar-refractivity contribution in [2.24, 2.45) is 5.92 Å². The van der Waals surface area contributed by atoms with E-state index in [0.29, 0.717) is 30.2 Å². The van der Waals surface area contributed by atoms with Gasteiger partial charge in [-0.3, -0.25) is 14.6 Å². The maximum absolute atomic E-state index is 12.6. The van der Waals surface area contributed by atoms with Gasteiger partial charge in [0, 0.05) is 42.8 Å². The van der Waals surface area contributed by atoms with Crippen molar-refractivity contribution in [3.63, 3.8) is 0 Å². The summed E-state index contributed by atoms with van der Waals surface area (Å²) in [7, 11) is 1.51. The van der Waals surface area contributed by atoms with Gasteiger partial charge in [0.2, 0.25) is 5.91 Å². The molecule has 3 rings (SSSR count). The highest BCUT2D eigenvalue weighted by Crippen LogP contribution is 2.20. The van der Waals surface area contributed by atoms with Crippen LogP contribution in [0.1, 0.15) is 23.8 Å². The second kappa shape index (κ2) is 8.01. The van der Waals surface area contributed by atoms with Crippen LogP contribution in [-0.2, 0) is 9.53 Å². The molecule has 138 valence electrons. The van der Waals surface area contributed by atoms with Crippen molar-refractivity contribution in [3.05, 3.63) is 41.2 Å². The number of aromatic nitrogens is 1. The number of amides is 2. The summed E-state index contributed by atoms with van der Waals surface area (Å²) in [5, 5.41) is 5.51. The highest BCUT2D eigenvalue weighted by atomic mass is 35.5. The molecule has 0 spiro atoms. The Morgan fingerprint density at radius 2 is 2.15 bits per heavy atom. The molecule has 7 heteroatoms. The number of pyridine rings is 1. The van der Waals surface area contributed by atoms with Crippen LogP contribution in [0.5, 0.6) is 0 Å². The van der Waals surface area contributed by atoms with E-state index >= 15 is 0 Å². The van der Waals surface area contributed by atoms with Crippen molar-refractivity contribution in [3.8, 4) is 0 Å². The Morgan fingerprint density at radius 3 is 2.88 bits per heavy atom. The van der Waals surface area contributed by atoms with Gasteiger partial charge in [0.1, 0.15) is 12.3 Å². The van der Waals surface area contributed by atoms with Crippen molar-refractivity contribution in [1.29, 1.82) is 0 Å². The van der Waals surface area contributed by atoms with E-state index in [-0.39, 0.29) is 30.4 Å². The molecule has 0 aliphatic carbocycles. The summed E-state index contributed by atoms with van der Waals surface area (Å²) in [6.45, 7) is 3.35. The minimum atomic E-state index is -0.199. The van der Waals surface area contributed by atoms with Gasteiger partial charge in [-0.2, -0.15) is 0 Å². The van der Waals surface area contributed by atoms with Crippen LogP contribution in [0.15, 0.2) is 30.5 Å². The van der Waals surface area contributed by atoms with Crippen molar-refractivity contribution in [2.45, 2.75) is 19.4 Å². The number of likely N-dealkylation sites (tertiary alicyclic amines) is 1. The smallest absolute Gasteiger partial charge is 0.270 e. The molecule has 1 aliphatic heterocycles. The first-order valence-corrected chi connectivity index (χ1v) is 8.98. The average Bonchev–Trinajstić information content (AvgIpc) is 2.63. The second-order valence-corrected chi connectivity index (χ2v) is 7.12. The normalized spacial score (nSPS) is 20.2. The molecular weight excluding hydrogens is 354 g/mol. The van der Waals surface area contributed by atoms with Gasteiger partial charge in [-0.15, -0.1) is 0 Å². The summed E-state index contributed by atoms with van der Waals surface area (Å²) in [6.07, 6.45) is 2.37. The standard InChI is InChI=1S/C19H22ClN3O3/c1-12-10-23(18(24)11-26-2)6-5-16(12)22-19(25)17-8-13-3-4-15(20)7-14(13)9-21-17/h3-4,7-9,12,16H,5-6,10-11H2,1-2H3,(H,22,25)/t12-,16+/m1/s1. The maximum Gasteiger partial charge on any atom is 0.270 e. The fourth-order valence-electron chi connectivity index (χ4n) is 3.28. The van der Waals surface area contributed by atoms with Gasteiger partial charge < -0.3 is 15.0 Å². The van der Waals surface area contributed by atoms with Crippen LogP contribution in [0.3, 0.4) is 0 Å². The fraction of sp³-hybridized carbons (Fsp3) is 0.421. The minimum Gasteiger partial charge on any atom is -0.375 e. The SMILES string of the molecule is COCC(=O)N1CC[C@H](NC(=O)c2cc3ccc(Cl)cc3cn2)[C@H](C)C1. The van der Waals surface area contributed by atoms with Gasteiger partial charge in [-0.25, -0.2) is 0 Å². The molecule has 0 bridgehead atoms. The van der Waals surface area contributed by atoms with Crippen LogP contribution in [0.4, 0.5) is 0 Å². The van der Waals surface area contributed by atoms with E-state index in [9.17, 15) is 9.59 Å². The number of carbonyl (C=O) groups is 2. The maximum atomic E-state index is 12.6. The number of carbonyl (C=O) groups excluding carboxylic acids is 2. The molecule has 1 aliphatic rings. The Bertz CT molecular complexity index is 827. The van der Waals surface area contributed by atoms with E-state index < -0.39 is 0 Å². The summed E-state index contributed by atoms with van der Waals surface area (Å²) in [4.78, 5) is 30.6. The van der Waals surface area contributed by atoms with E-state index in [0.717, 1.165) is 10.8 Å². The quantitative estimate of drug-likeness (QED) is 0.891. The molecule has 1 N–H and O–H groups in total. The van der Waals surface area contributed by atoms with E-state index in [2.05, 4.69) is 10.3 Å². The summed E-state index contributed by atoms with van der Waals surface area (Å²) in [5.74, 6) is -0.0536. The van der Waals surface area contributed by atoms with Crippen molar-refractivity contribution in [2.75, 3.05) is 26.8 Å². The molecule has 1 fully saturated rings. The predicted octanol–water partition coefficient (Wildman–Crippen LogP) is 2.50. The van der Waals surface area contributed by atoms with Crippen molar-refractivity contribution >= 4 is 34.2 Å². The zero-order valence-corrected chi connectivity index (χ0v) is 15.6. The van der Waals surface area contributed by atoms with Crippen LogP contribution >= 0.6 is 11.6 Å². The predicted molar refractivity (Wildman–Crippen MR) is 100 cm³/mol. The third kappa shape index (κ3) is 4.14. The van der Waals surface area contributed by atoms with Gasteiger partial charge in [0.15, 0.2) is 0 Å². The highest BCUT2D eigenvalue weighted by Gasteiger charge is 2.29. The lowest BCUT2D eigenvalue weighted by Crippen LogP contribution is -2.52. The third-order valence-corrected chi connectivity index (χ3v) is 4.99. The topological polar surface area (TPSA) is 71.5 Å². The second-order valence-electron chi connectivity index (χ2n) is 6.68. The summed E-state index contributed by atoms with van der Waals surface area (Å²) in [6, 6.07) is 7.26. The first-order chi connectivity index (χ1) is 12.5. The molecule has 2 heterocycles. The lowest BCUT2D eigenvalue weighted by atomic mass is 9.93. The number of hydrogen-bond donors (Lipinski definition) is 1. The number of fused-ring (bicyclic) bond motifs is 1. The molecular formula is C19H22ClN3O3. The third-order valence-electron chi connectivity index (χ3n) is 4.76. The fourth-order valence-corrected chi connectivity index (χ4v) is 3.46.